The Hall–Kier alpha value is -3.35. The van der Waals surface area contributed by atoms with E-state index in [1.54, 1.807) is 0 Å². The lowest BCUT2D eigenvalue weighted by Gasteiger charge is -2.20. The number of fused-ring (bicyclic) bond motifs is 3. The van der Waals surface area contributed by atoms with Gasteiger partial charge in [-0.15, -0.1) is 0 Å². The van der Waals surface area contributed by atoms with Gasteiger partial charge in [0.05, 0.1) is 5.54 Å². The molecular formula is C27H30N2O5. The predicted octanol–water partition coefficient (Wildman–Crippen LogP) is 4.21. The summed E-state index contributed by atoms with van der Waals surface area (Å²) in [4.78, 5) is 36.1. The number of carboxylic acid groups (broad SMARTS) is 1. The Morgan fingerprint density at radius 2 is 1.62 bits per heavy atom. The zero-order valence-corrected chi connectivity index (χ0v) is 19.1. The Kier molecular flexibility index (Phi) is 6.02. The summed E-state index contributed by atoms with van der Waals surface area (Å²) in [6.45, 7) is 0.245. The molecule has 0 heterocycles. The van der Waals surface area contributed by atoms with Crippen molar-refractivity contribution in [3.63, 3.8) is 0 Å². The number of benzene rings is 2. The Labute approximate surface area is 198 Å². The zero-order chi connectivity index (χ0) is 23.7. The summed E-state index contributed by atoms with van der Waals surface area (Å²) in [6.07, 6.45) is 3.70. The SMILES string of the molecule is O=C(O)C[C@@H]1CC[C@H](NC(=O)CC2(NC(=O)OCC3c4ccccc4-c4ccccc43)CC2)C1. The third-order valence-electron chi connectivity index (χ3n) is 7.43. The average Bonchev–Trinajstić information content (AvgIpc) is 3.27. The van der Waals surface area contributed by atoms with Crippen LogP contribution in [0.5, 0.6) is 0 Å². The lowest BCUT2D eigenvalue weighted by atomic mass is 9.98. The van der Waals surface area contributed by atoms with Gasteiger partial charge in [-0.25, -0.2) is 4.79 Å². The molecule has 2 fully saturated rings. The topological polar surface area (TPSA) is 105 Å². The third kappa shape index (κ3) is 4.79. The quantitative estimate of drug-likeness (QED) is 0.545. The van der Waals surface area contributed by atoms with Gasteiger partial charge in [-0.2, -0.15) is 0 Å². The van der Waals surface area contributed by atoms with Gasteiger partial charge < -0.3 is 20.5 Å². The molecule has 5 rings (SSSR count). The van der Waals surface area contributed by atoms with Crippen LogP contribution >= 0.6 is 0 Å². The van der Waals surface area contributed by atoms with Gasteiger partial charge in [0.1, 0.15) is 6.61 Å². The molecule has 7 heteroatoms. The standard InChI is InChI=1S/C27H30N2O5/c30-24(28-18-10-9-17(13-18)14-25(31)32)15-27(11-12-27)29-26(33)34-16-23-21-7-3-1-5-19(21)20-6-2-4-8-22(20)23/h1-8,17-18,23H,9-16H2,(H,28,30)(H,29,33)(H,31,32)/t17-,18+/m1/s1. The van der Waals surface area contributed by atoms with Crippen LogP contribution in [-0.2, 0) is 14.3 Å². The van der Waals surface area contributed by atoms with E-state index in [-0.39, 0.29) is 43.2 Å². The number of ether oxygens (including phenoxy) is 1. The molecule has 0 aliphatic heterocycles. The van der Waals surface area contributed by atoms with E-state index < -0.39 is 17.6 Å². The van der Waals surface area contributed by atoms with Crippen LogP contribution < -0.4 is 10.6 Å². The van der Waals surface area contributed by atoms with Gasteiger partial charge in [0.2, 0.25) is 5.91 Å². The third-order valence-corrected chi connectivity index (χ3v) is 7.43. The molecule has 2 aromatic carbocycles. The Morgan fingerprint density at radius 3 is 2.24 bits per heavy atom. The van der Waals surface area contributed by atoms with Crippen LogP contribution in [0.2, 0.25) is 0 Å². The Bertz CT molecular complexity index is 1060. The monoisotopic (exact) mass is 462 g/mol. The zero-order valence-electron chi connectivity index (χ0n) is 19.1. The Morgan fingerprint density at radius 1 is 0.971 bits per heavy atom. The minimum atomic E-state index is -0.791. The molecule has 2 atom stereocenters. The van der Waals surface area contributed by atoms with Crippen LogP contribution in [0.3, 0.4) is 0 Å². The Balaban J connectivity index is 1.12. The maximum Gasteiger partial charge on any atom is 0.407 e. The molecule has 178 valence electrons. The van der Waals surface area contributed by atoms with Crippen LogP contribution in [-0.4, -0.2) is 41.3 Å². The summed E-state index contributed by atoms with van der Waals surface area (Å²) in [7, 11) is 0. The van der Waals surface area contributed by atoms with Crippen molar-refractivity contribution in [1.82, 2.24) is 10.6 Å². The first-order valence-corrected chi connectivity index (χ1v) is 12.1. The van der Waals surface area contributed by atoms with Crippen molar-refractivity contribution in [2.24, 2.45) is 5.92 Å². The highest BCUT2D eigenvalue weighted by Gasteiger charge is 2.46. The highest BCUT2D eigenvalue weighted by atomic mass is 16.5. The molecule has 2 amide bonds. The van der Waals surface area contributed by atoms with Gasteiger partial charge >= 0.3 is 12.1 Å². The van der Waals surface area contributed by atoms with Crippen molar-refractivity contribution in [2.75, 3.05) is 6.61 Å². The van der Waals surface area contributed by atoms with Gasteiger partial charge in [-0.05, 0) is 60.3 Å². The molecule has 0 unspecified atom stereocenters. The van der Waals surface area contributed by atoms with E-state index in [0.717, 1.165) is 36.8 Å². The van der Waals surface area contributed by atoms with Crippen LogP contribution in [0.4, 0.5) is 4.79 Å². The van der Waals surface area contributed by atoms with Crippen molar-refractivity contribution in [2.45, 2.75) is 62.4 Å². The minimum absolute atomic E-state index is 0.00211. The number of carbonyl (C=O) groups excluding carboxylic acids is 2. The summed E-state index contributed by atoms with van der Waals surface area (Å²) < 4.78 is 5.64. The number of nitrogens with one attached hydrogen (secondary N) is 2. The first kappa shape index (κ1) is 22.4. The molecule has 3 aliphatic carbocycles. The van der Waals surface area contributed by atoms with Crippen molar-refractivity contribution in [3.8, 4) is 11.1 Å². The van der Waals surface area contributed by atoms with Crippen LogP contribution in [0.1, 0.15) is 62.0 Å². The first-order valence-electron chi connectivity index (χ1n) is 12.1. The molecule has 0 aromatic heterocycles. The van der Waals surface area contributed by atoms with E-state index in [9.17, 15) is 14.4 Å². The molecular weight excluding hydrogens is 432 g/mol. The normalized spacial score (nSPS) is 21.9. The first-order chi connectivity index (χ1) is 16.4. The van der Waals surface area contributed by atoms with E-state index in [1.165, 1.54) is 11.1 Å². The summed E-state index contributed by atoms with van der Waals surface area (Å²) in [5.41, 5.74) is 4.15. The number of hydrogen-bond acceptors (Lipinski definition) is 4. The molecule has 0 spiro atoms. The molecule has 0 radical (unpaired) electrons. The summed E-state index contributed by atoms with van der Waals surface area (Å²) >= 11 is 0. The van der Waals surface area contributed by atoms with Crippen molar-refractivity contribution in [3.05, 3.63) is 59.7 Å². The van der Waals surface area contributed by atoms with E-state index >= 15 is 0 Å². The predicted molar refractivity (Wildman–Crippen MR) is 126 cm³/mol. The van der Waals surface area contributed by atoms with E-state index in [0.29, 0.717) is 6.42 Å². The second-order valence-corrected chi connectivity index (χ2v) is 9.95. The van der Waals surface area contributed by atoms with Gasteiger partial charge in [0.25, 0.3) is 0 Å². The van der Waals surface area contributed by atoms with Crippen molar-refractivity contribution < 1.29 is 24.2 Å². The number of amides is 2. The second-order valence-electron chi connectivity index (χ2n) is 9.95. The van der Waals surface area contributed by atoms with Gasteiger partial charge in [-0.1, -0.05) is 48.5 Å². The van der Waals surface area contributed by atoms with Crippen LogP contribution in [0, 0.1) is 5.92 Å². The van der Waals surface area contributed by atoms with Crippen molar-refractivity contribution in [1.29, 1.82) is 0 Å². The number of carbonyl (C=O) groups is 3. The molecule has 3 aliphatic rings. The van der Waals surface area contributed by atoms with Gasteiger partial charge in [-0.3, -0.25) is 9.59 Å². The summed E-state index contributed by atoms with van der Waals surface area (Å²) in [6, 6.07) is 16.4. The molecule has 2 aromatic rings. The van der Waals surface area contributed by atoms with E-state index in [2.05, 4.69) is 34.9 Å². The average molecular weight is 463 g/mol. The van der Waals surface area contributed by atoms with Gasteiger partial charge in [0.15, 0.2) is 0 Å². The maximum absolute atomic E-state index is 12.6. The lowest BCUT2D eigenvalue weighted by molar-refractivity contribution is -0.138. The molecule has 0 bridgehead atoms. The number of rotatable bonds is 8. The fraction of sp³-hybridized carbons (Fsp3) is 0.444. The molecule has 34 heavy (non-hydrogen) atoms. The maximum atomic E-state index is 12.6. The minimum Gasteiger partial charge on any atom is -0.481 e. The highest BCUT2D eigenvalue weighted by Crippen LogP contribution is 2.44. The van der Waals surface area contributed by atoms with Crippen LogP contribution in [0.15, 0.2) is 48.5 Å². The fourth-order valence-electron chi connectivity index (χ4n) is 5.57. The summed E-state index contributed by atoms with van der Waals surface area (Å²) in [5.74, 6) is -0.770. The molecule has 0 saturated heterocycles. The largest absolute Gasteiger partial charge is 0.481 e. The number of aliphatic carboxylic acids is 1. The number of alkyl carbamates (subject to hydrolysis) is 1. The molecule has 7 nitrogen and oxygen atoms in total. The lowest BCUT2D eigenvalue weighted by Crippen LogP contribution is -2.43. The smallest absolute Gasteiger partial charge is 0.407 e. The van der Waals surface area contributed by atoms with Gasteiger partial charge in [0, 0.05) is 24.8 Å². The second kappa shape index (κ2) is 9.12. The molecule has 3 N–H and O–H groups in total. The van der Waals surface area contributed by atoms with E-state index in [4.69, 9.17) is 9.84 Å². The van der Waals surface area contributed by atoms with Crippen LogP contribution in [0.25, 0.3) is 11.1 Å². The fourth-order valence-corrected chi connectivity index (χ4v) is 5.57. The highest BCUT2D eigenvalue weighted by molar-refractivity contribution is 5.81. The summed E-state index contributed by atoms with van der Waals surface area (Å²) in [5, 5.41) is 14.9. The van der Waals surface area contributed by atoms with E-state index in [1.807, 2.05) is 24.3 Å². The number of carboxylic acids is 1. The van der Waals surface area contributed by atoms with Crippen molar-refractivity contribution >= 4 is 18.0 Å². The molecule has 2 saturated carbocycles. The number of hydrogen-bond donors (Lipinski definition) is 3.